The van der Waals surface area contributed by atoms with Gasteiger partial charge in [0.25, 0.3) is 0 Å². The van der Waals surface area contributed by atoms with Crippen LogP contribution in [0.1, 0.15) is 12.0 Å². The summed E-state index contributed by atoms with van der Waals surface area (Å²) in [5.74, 6) is -0.118. The van der Waals surface area contributed by atoms with Gasteiger partial charge in [0.05, 0.1) is 29.8 Å². The molecule has 0 aromatic carbocycles. The Bertz CT molecular complexity index is 1210. The number of alkyl halides is 3. The van der Waals surface area contributed by atoms with Crippen LogP contribution in [0.3, 0.4) is 0 Å². The average molecular weight is 429 g/mol. The molecule has 0 atom stereocenters. The normalized spacial score (nSPS) is 11.7. The molecule has 31 heavy (non-hydrogen) atoms. The zero-order valence-corrected chi connectivity index (χ0v) is 16.2. The Morgan fingerprint density at radius 3 is 2.48 bits per heavy atom. The number of nitrogens with zero attached hydrogens (tertiary/aromatic N) is 5. The van der Waals surface area contributed by atoms with Crippen molar-refractivity contribution in [1.29, 1.82) is 0 Å². The van der Waals surface area contributed by atoms with Crippen LogP contribution in [0.15, 0.2) is 48.9 Å². The summed E-state index contributed by atoms with van der Waals surface area (Å²) < 4.78 is 46.6. The van der Waals surface area contributed by atoms with Gasteiger partial charge in [0, 0.05) is 29.6 Å². The Morgan fingerprint density at radius 1 is 0.968 bits per heavy atom. The summed E-state index contributed by atoms with van der Waals surface area (Å²) in [6.07, 6.45) is 0.408. The molecule has 4 aromatic rings. The highest BCUT2D eigenvalue weighted by atomic mass is 19.4. The summed E-state index contributed by atoms with van der Waals surface area (Å²) in [7, 11) is 0. The molecule has 0 bridgehead atoms. The second kappa shape index (κ2) is 8.19. The maximum Gasteiger partial charge on any atom is 0.419 e. The van der Waals surface area contributed by atoms with Crippen LogP contribution in [0.5, 0.6) is 5.88 Å². The van der Waals surface area contributed by atoms with E-state index in [9.17, 15) is 13.2 Å². The van der Waals surface area contributed by atoms with E-state index in [2.05, 4.69) is 20.1 Å². The first-order valence-electron chi connectivity index (χ1n) is 9.34. The molecule has 0 spiro atoms. The molecule has 0 aliphatic heterocycles. The van der Waals surface area contributed by atoms with Gasteiger partial charge in [-0.3, -0.25) is 0 Å². The Hall–Kier alpha value is -3.73. The maximum absolute atomic E-state index is 13.2. The number of hydrogen-bond acceptors (Lipinski definition) is 7. The van der Waals surface area contributed by atoms with Crippen molar-refractivity contribution in [2.45, 2.75) is 12.6 Å². The van der Waals surface area contributed by atoms with E-state index < -0.39 is 17.6 Å². The molecule has 4 aromatic heterocycles. The van der Waals surface area contributed by atoms with Crippen molar-refractivity contribution in [3.63, 3.8) is 0 Å². The number of anilines is 1. The van der Waals surface area contributed by atoms with E-state index in [-0.39, 0.29) is 5.56 Å². The number of rotatable bonds is 6. The summed E-state index contributed by atoms with van der Waals surface area (Å²) in [5, 5.41) is 4.52. The first-order chi connectivity index (χ1) is 14.9. The standard InChI is InChI=1S/C20H18F3N7O/c21-20(22,23)14-8-13(10-28-19(14)25)16-11-26-17-4-3-15(29-30(16)17)12-2-5-18(27-9-12)31-7-1-6-24/h2-5,8-11H,1,6-7,24H2,(H2,25,28). The zero-order chi connectivity index (χ0) is 22.0. The third-order valence-corrected chi connectivity index (χ3v) is 4.51. The molecular formula is C20H18F3N7O. The van der Waals surface area contributed by atoms with Crippen LogP contribution in [0.2, 0.25) is 0 Å². The third kappa shape index (κ3) is 4.26. The van der Waals surface area contributed by atoms with Crippen LogP contribution >= 0.6 is 0 Å². The van der Waals surface area contributed by atoms with Crippen LogP contribution in [0, 0.1) is 0 Å². The predicted octanol–water partition coefficient (Wildman–Crippen LogP) is 3.18. The van der Waals surface area contributed by atoms with Crippen molar-refractivity contribution in [2.24, 2.45) is 5.73 Å². The molecule has 4 rings (SSSR count). The number of hydrogen-bond donors (Lipinski definition) is 2. The van der Waals surface area contributed by atoms with E-state index >= 15 is 0 Å². The largest absolute Gasteiger partial charge is 0.478 e. The van der Waals surface area contributed by atoms with Crippen molar-refractivity contribution in [2.75, 3.05) is 18.9 Å². The van der Waals surface area contributed by atoms with Crippen molar-refractivity contribution in [3.8, 4) is 28.4 Å². The Balaban J connectivity index is 1.69. The molecule has 4 heterocycles. The van der Waals surface area contributed by atoms with E-state index in [1.165, 1.54) is 16.9 Å². The van der Waals surface area contributed by atoms with Crippen molar-refractivity contribution < 1.29 is 17.9 Å². The molecule has 0 aliphatic carbocycles. The van der Waals surface area contributed by atoms with Crippen LogP contribution in [-0.2, 0) is 6.18 Å². The first-order valence-corrected chi connectivity index (χ1v) is 9.34. The predicted molar refractivity (Wildman–Crippen MR) is 108 cm³/mol. The lowest BCUT2D eigenvalue weighted by Crippen LogP contribution is -2.10. The molecule has 160 valence electrons. The number of fused-ring (bicyclic) bond motifs is 1. The monoisotopic (exact) mass is 429 g/mol. The highest BCUT2D eigenvalue weighted by Crippen LogP contribution is 2.35. The minimum absolute atomic E-state index is 0.195. The topological polar surface area (TPSA) is 117 Å². The van der Waals surface area contributed by atoms with Gasteiger partial charge in [0.1, 0.15) is 5.82 Å². The molecule has 0 amide bonds. The number of nitrogen functional groups attached to an aromatic ring is 1. The van der Waals surface area contributed by atoms with Crippen LogP contribution in [0.25, 0.3) is 28.2 Å². The molecule has 11 heteroatoms. The van der Waals surface area contributed by atoms with Gasteiger partial charge >= 0.3 is 6.18 Å². The SMILES string of the molecule is NCCCOc1ccc(-c2ccc3ncc(-c4cnc(N)c(C(F)(F)F)c4)n3n2)cn1. The zero-order valence-electron chi connectivity index (χ0n) is 16.2. The third-order valence-electron chi connectivity index (χ3n) is 4.51. The van der Waals surface area contributed by atoms with Gasteiger partial charge in [-0.1, -0.05) is 0 Å². The van der Waals surface area contributed by atoms with Crippen LogP contribution in [-0.4, -0.2) is 37.7 Å². The summed E-state index contributed by atoms with van der Waals surface area (Å²) in [5.41, 5.74) is 12.1. The Kier molecular flexibility index (Phi) is 5.42. The van der Waals surface area contributed by atoms with Gasteiger partial charge in [0.2, 0.25) is 5.88 Å². The number of ether oxygens (including phenoxy) is 1. The fourth-order valence-electron chi connectivity index (χ4n) is 2.94. The molecule has 0 radical (unpaired) electrons. The van der Waals surface area contributed by atoms with Crippen molar-refractivity contribution in [1.82, 2.24) is 24.6 Å². The lowest BCUT2D eigenvalue weighted by Gasteiger charge is -2.11. The van der Waals surface area contributed by atoms with E-state index in [1.807, 2.05) is 0 Å². The molecule has 4 N–H and O–H groups in total. The number of imidazole rings is 1. The second-order valence-electron chi connectivity index (χ2n) is 6.66. The van der Waals surface area contributed by atoms with Gasteiger partial charge in [-0.15, -0.1) is 0 Å². The van der Waals surface area contributed by atoms with E-state index in [1.54, 1.807) is 30.5 Å². The quantitative estimate of drug-likeness (QED) is 0.452. The summed E-state index contributed by atoms with van der Waals surface area (Å²) in [6.45, 7) is 1.00. The molecule has 8 nitrogen and oxygen atoms in total. The first kappa shape index (κ1) is 20.5. The number of nitrogens with two attached hydrogens (primary N) is 2. The van der Waals surface area contributed by atoms with E-state index in [0.29, 0.717) is 41.6 Å². The maximum atomic E-state index is 13.2. The fourth-order valence-corrected chi connectivity index (χ4v) is 2.94. The molecular weight excluding hydrogens is 411 g/mol. The highest BCUT2D eigenvalue weighted by molar-refractivity contribution is 5.67. The van der Waals surface area contributed by atoms with Crippen molar-refractivity contribution in [3.05, 3.63) is 54.5 Å². The Labute approximate surface area is 174 Å². The van der Waals surface area contributed by atoms with E-state index in [4.69, 9.17) is 16.2 Å². The second-order valence-corrected chi connectivity index (χ2v) is 6.66. The van der Waals surface area contributed by atoms with E-state index in [0.717, 1.165) is 12.5 Å². The summed E-state index contributed by atoms with van der Waals surface area (Å²) in [4.78, 5) is 12.1. The molecule has 0 fully saturated rings. The number of pyridine rings is 2. The van der Waals surface area contributed by atoms with Crippen LogP contribution < -0.4 is 16.2 Å². The number of aromatic nitrogens is 5. The highest BCUT2D eigenvalue weighted by Gasteiger charge is 2.34. The minimum Gasteiger partial charge on any atom is -0.478 e. The van der Waals surface area contributed by atoms with Crippen LogP contribution in [0.4, 0.5) is 19.0 Å². The van der Waals surface area contributed by atoms with Crippen molar-refractivity contribution >= 4 is 11.5 Å². The molecule has 0 saturated heterocycles. The van der Waals surface area contributed by atoms with Gasteiger partial charge in [-0.25, -0.2) is 19.5 Å². The fraction of sp³-hybridized carbons (Fsp3) is 0.200. The van der Waals surface area contributed by atoms with Gasteiger partial charge < -0.3 is 16.2 Å². The van der Waals surface area contributed by atoms with Gasteiger partial charge in [0.15, 0.2) is 5.65 Å². The molecule has 0 unspecified atom stereocenters. The minimum atomic E-state index is -4.62. The van der Waals surface area contributed by atoms with Gasteiger partial charge in [-0.2, -0.15) is 18.3 Å². The smallest absolute Gasteiger partial charge is 0.419 e. The summed E-state index contributed by atoms with van der Waals surface area (Å²) in [6, 6.07) is 7.91. The lowest BCUT2D eigenvalue weighted by molar-refractivity contribution is -0.137. The lowest BCUT2D eigenvalue weighted by atomic mass is 10.1. The number of halogens is 3. The summed E-state index contributed by atoms with van der Waals surface area (Å²) >= 11 is 0. The molecule has 0 aliphatic rings. The Morgan fingerprint density at radius 2 is 1.77 bits per heavy atom. The average Bonchev–Trinajstić information content (AvgIpc) is 3.17. The van der Waals surface area contributed by atoms with Gasteiger partial charge in [-0.05, 0) is 37.2 Å². The molecule has 0 saturated carbocycles.